The van der Waals surface area contributed by atoms with Crippen molar-refractivity contribution in [1.29, 1.82) is 0 Å². The molecular formula is C16H21NO3S. The number of hydrogen-bond donors (Lipinski definition) is 2. The molecular weight excluding hydrogens is 286 g/mol. The second-order valence-corrected chi connectivity index (χ2v) is 6.29. The number of carbonyl (C=O) groups is 1. The lowest BCUT2D eigenvalue weighted by atomic mass is 10.2. The number of hydrogen-bond acceptors (Lipinski definition) is 4. The summed E-state index contributed by atoms with van der Waals surface area (Å²) in [6.45, 7) is 2.01. The van der Waals surface area contributed by atoms with E-state index in [1.807, 2.05) is 13.0 Å². The van der Waals surface area contributed by atoms with Gasteiger partial charge in [0.1, 0.15) is 0 Å². The third-order valence-electron chi connectivity index (χ3n) is 3.63. The van der Waals surface area contributed by atoms with Gasteiger partial charge >= 0.3 is 0 Å². The first-order valence-corrected chi connectivity index (χ1v) is 7.99. The molecule has 2 rings (SSSR count). The van der Waals surface area contributed by atoms with E-state index in [9.17, 15) is 4.79 Å². The first-order chi connectivity index (χ1) is 10.1. The third-order valence-corrected chi connectivity index (χ3v) is 4.78. The van der Waals surface area contributed by atoms with Gasteiger partial charge in [-0.3, -0.25) is 4.79 Å². The monoisotopic (exact) mass is 307 g/mol. The van der Waals surface area contributed by atoms with Crippen molar-refractivity contribution in [2.45, 2.75) is 44.8 Å². The zero-order chi connectivity index (χ0) is 15.2. The van der Waals surface area contributed by atoms with E-state index in [0.29, 0.717) is 11.3 Å². The smallest absolute Gasteiger partial charge is 0.261 e. The largest absolute Gasteiger partial charge is 0.395 e. The van der Waals surface area contributed by atoms with Gasteiger partial charge in [0.2, 0.25) is 0 Å². The number of aryl methyl sites for hydroxylation is 1. The molecule has 0 aromatic carbocycles. The molecule has 1 aliphatic carbocycles. The highest BCUT2D eigenvalue weighted by Gasteiger charge is 2.26. The highest BCUT2D eigenvalue weighted by atomic mass is 32.1. The fraction of sp³-hybridized carbons (Fsp3) is 0.562. The summed E-state index contributed by atoms with van der Waals surface area (Å²) < 4.78 is 5.32. The Morgan fingerprint density at radius 2 is 2.38 bits per heavy atom. The number of aliphatic hydroxyl groups is 1. The zero-order valence-corrected chi connectivity index (χ0v) is 13.3. The van der Waals surface area contributed by atoms with Crippen LogP contribution in [0.3, 0.4) is 0 Å². The van der Waals surface area contributed by atoms with Crippen molar-refractivity contribution in [2.75, 3.05) is 13.7 Å². The van der Waals surface area contributed by atoms with Gasteiger partial charge in [0.25, 0.3) is 5.91 Å². The van der Waals surface area contributed by atoms with E-state index in [0.717, 1.165) is 29.7 Å². The predicted molar refractivity (Wildman–Crippen MR) is 83.5 cm³/mol. The molecule has 1 aliphatic rings. The molecule has 2 N–H and O–H groups in total. The van der Waals surface area contributed by atoms with Gasteiger partial charge in [0.05, 0.1) is 22.5 Å². The molecule has 114 valence electrons. The molecule has 2 atom stereocenters. The molecule has 21 heavy (non-hydrogen) atoms. The Kier molecular flexibility index (Phi) is 5.80. The number of rotatable bonds is 4. The van der Waals surface area contributed by atoms with Crippen molar-refractivity contribution < 1.29 is 14.6 Å². The Labute approximate surface area is 129 Å². The van der Waals surface area contributed by atoms with Crippen molar-refractivity contribution >= 4 is 17.2 Å². The number of aliphatic hydroxyl groups excluding tert-OH is 1. The number of nitrogens with one attached hydrogen (secondary N) is 1. The lowest BCUT2D eigenvalue weighted by Crippen LogP contribution is -2.32. The number of carbonyl (C=O) groups excluding carboxylic acids is 1. The molecule has 1 aromatic rings. The van der Waals surface area contributed by atoms with Crippen LogP contribution < -0.4 is 5.32 Å². The van der Waals surface area contributed by atoms with E-state index in [1.165, 1.54) is 11.3 Å². The summed E-state index contributed by atoms with van der Waals surface area (Å²) in [5.74, 6) is 5.87. The van der Waals surface area contributed by atoms with Gasteiger partial charge in [0.15, 0.2) is 0 Å². The maximum Gasteiger partial charge on any atom is 0.261 e. The summed E-state index contributed by atoms with van der Waals surface area (Å²) in [4.78, 5) is 13.9. The number of ether oxygens (including phenoxy) is 1. The summed E-state index contributed by atoms with van der Waals surface area (Å²) in [6, 6.07) is 2.08. The van der Waals surface area contributed by atoms with Crippen LogP contribution in [0.2, 0.25) is 0 Å². The van der Waals surface area contributed by atoms with Crippen LogP contribution in [-0.4, -0.2) is 36.9 Å². The Morgan fingerprint density at radius 3 is 3.05 bits per heavy atom. The van der Waals surface area contributed by atoms with Gasteiger partial charge in [-0.25, -0.2) is 0 Å². The van der Waals surface area contributed by atoms with Crippen molar-refractivity contribution in [3.05, 3.63) is 21.4 Å². The molecule has 0 bridgehead atoms. The Hall–Kier alpha value is -1.35. The first-order valence-electron chi connectivity index (χ1n) is 7.18. The van der Waals surface area contributed by atoms with Crippen LogP contribution in [-0.2, 0) is 4.74 Å². The molecule has 0 aliphatic heterocycles. The SMILES string of the molecule is COC1CCC(NC(=O)c2cc(C)c(C#CCCO)s2)C1. The topological polar surface area (TPSA) is 58.6 Å². The van der Waals surface area contributed by atoms with E-state index in [1.54, 1.807) is 7.11 Å². The molecule has 0 saturated heterocycles. The Morgan fingerprint density at radius 1 is 1.57 bits per heavy atom. The van der Waals surface area contributed by atoms with Gasteiger partial charge in [-0.05, 0) is 37.8 Å². The quantitative estimate of drug-likeness (QED) is 0.838. The second kappa shape index (κ2) is 7.60. The highest BCUT2D eigenvalue weighted by molar-refractivity contribution is 7.14. The Bertz CT molecular complexity index is 556. The van der Waals surface area contributed by atoms with E-state index >= 15 is 0 Å². The number of thiophene rings is 1. The molecule has 1 saturated carbocycles. The van der Waals surface area contributed by atoms with Gasteiger partial charge in [-0.2, -0.15) is 0 Å². The summed E-state index contributed by atoms with van der Waals surface area (Å²) >= 11 is 1.41. The average molecular weight is 307 g/mol. The van der Waals surface area contributed by atoms with E-state index in [2.05, 4.69) is 17.2 Å². The second-order valence-electron chi connectivity index (χ2n) is 5.24. The standard InChI is InChI=1S/C16H21NO3S/c1-11-9-15(21-14(11)5-3-4-8-18)16(19)17-12-6-7-13(10-12)20-2/h9,12-13,18H,4,6-8,10H2,1-2H3,(H,17,19). The molecule has 0 radical (unpaired) electrons. The molecule has 2 unspecified atom stereocenters. The summed E-state index contributed by atoms with van der Waals surface area (Å²) in [5, 5.41) is 11.8. The van der Waals surface area contributed by atoms with Crippen molar-refractivity contribution in [2.24, 2.45) is 0 Å². The van der Waals surface area contributed by atoms with Crippen LogP contribution in [0.5, 0.6) is 0 Å². The molecule has 1 heterocycles. The molecule has 5 heteroatoms. The Balaban J connectivity index is 1.97. The van der Waals surface area contributed by atoms with E-state index in [4.69, 9.17) is 9.84 Å². The van der Waals surface area contributed by atoms with Gasteiger partial charge in [-0.1, -0.05) is 11.8 Å². The molecule has 1 fully saturated rings. The van der Waals surface area contributed by atoms with E-state index in [-0.39, 0.29) is 24.7 Å². The van der Waals surface area contributed by atoms with Crippen LogP contribution in [0.4, 0.5) is 0 Å². The fourth-order valence-corrected chi connectivity index (χ4v) is 3.41. The van der Waals surface area contributed by atoms with E-state index < -0.39 is 0 Å². The van der Waals surface area contributed by atoms with Gasteiger partial charge < -0.3 is 15.2 Å². The number of methoxy groups -OCH3 is 1. The van der Waals surface area contributed by atoms with Crippen molar-refractivity contribution in [3.8, 4) is 11.8 Å². The molecule has 1 aromatic heterocycles. The van der Waals surface area contributed by atoms with Crippen molar-refractivity contribution in [1.82, 2.24) is 5.32 Å². The van der Waals surface area contributed by atoms with Gasteiger partial charge in [0, 0.05) is 19.6 Å². The van der Waals surface area contributed by atoms with Crippen LogP contribution in [0, 0.1) is 18.8 Å². The minimum absolute atomic E-state index is 0.0277. The van der Waals surface area contributed by atoms with Crippen LogP contribution in [0.1, 0.15) is 45.8 Å². The lowest BCUT2D eigenvalue weighted by molar-refractivity contribution is 0.0918. The predicted octanol–water partition coefficient (Wildman–Crippen LogP) is 2.09. The van der Waals surface area contributed by atoms with Crippen LogP contribution >= 0.6 is 11.3 Å². The zero-order valence-electron chi connectivity index (χ0n) is 12.4. The summed E-state index contributed by atoms with van der Waals surface area (Å²) in [7, 11) is 1.72. The summed E-state index contributed by atoms with van der Waals surface area (Å²) in [6.07, 6.45) is 3.58. The highest BCUT2D eigenvalue weighted by Crippen LogP contribution is 2.24. The maximum atomic E-state index is 12.3. The molecule has 1 amide bonds. The van der Waals surface area contributed by atoms with Crippen molar-refractivity contribution in [3.63, 3.8) is 0 Å². The van der Waals surface area contributed by atoms with Gasteiger partial charge in [-0.15, -0.1) is 11.3 Å². The average Bonchev–Trinajstić information content (AvgIpc) is 3.06. The molecule has 0 spiro atoms. The normalized spacial score (nSPS) is 20.9. The lowest BCUT2D eigenvalue weighted by Gasteiger charge is -2.11. The molecule has 4 nitrogen and oxygen atoms in total. The minimum atomic E-state index is -0.0277. The first kappa shape index (κ1) is 16.0. The number of amides is 1. The fourth-order valence-electron chi connectivity index (χ4n) is 2.46. The maximum absolute atomic E-state index is 12.3. The minimum Gasteiger partial charge on any atom is -0.395 e. The van der Waals surface area contributed by atoms with Crippen LogP contribution in [0.15, 0.2) is 6.07 Å². The third kappa shape index (κ3) is 4.31. The summed E-state index contributed by atoms with van der Waals surface area (Å²) in [5.41, 5.74) is 1.01. The van der Waals surface area contributed by atoms with Crippen LogP contribution in [0.25, 0.3) is 0 Å².